The van der Waals surface area contributed by atoms with Crippen molar-refractivity contribution in [2.45, 2.75) is 17.2 Å². The fourth-order valence-electron chi connectivity index (χ4n) is 1.99. The van der Waals surface area contributed by atoms with Crippen LogP contribution in [0.1, 0.15) is 12.8 Å². The van der Waals surface area contributed by atoms with Gasteiger partial charge in [0.05, 0.1) is 10.2 Å². The molecule has 0 spiro atoms. The van der Waals surface area contributed by atoms with Crippen molar-refractivity contribution in [1.82, 2.24) is 0 Å². The van der Waals surface area contributed by atoms with Crippen LogP contribution >= 0.6 is 15.9 Å². The Labute approximate surface area is 71.9 Å². The molecule has 0 aromatic carbocycles. The van der Waals surface area contributed by atoms with Crippen molar-refractivity contribution in [3.8, 4) is 0 Å². The van der Waals surface area contributed by atoms with Crippen molar-refractivity contribution in [3.63, 3.8) is 0 Å². The Morgan fingerprint density at radius 2 is 2.36 bits per heavy atom. The number of aliphatic carboxylic acids is 1. The molecule has 0 saturated heterocycles. The van der Waals surface area contributed by atoms with Crippen LogP contribution in [0, 0.1) is 11.8 Å². The molecule has 1 unspecified atom stereocenters. The average molecular weight is 219 g/mol. The number of Topliss-reactive ketones (excluding diaryl/α,β-unsaturated/α-hetero) is 1. The highest BCUT2D eigenvalue weighted by Crippen LogP contribution is 2.64. The molecule has 0 aromatic rings. The summed E-state index contributed by atoms with van der Waals surface area (Å²) in [5.41, 5.74) is 0. The number of ketones is 1. The maximum absolute atomic E-state index is 11.0. The minimum atomic E-state index is -0.847. The van der Waals surface area contributed by atoms with Gasteiger partial charge >= 0.3 is 5.97 Å². The second-order valence-electron chi connectivity index (χ2n) is 3.19. The van der Waals surface area contributed by atoms with Crippen LogP contribution in [0.4, 0.5) is 0 Å². The van der Waals surface area contributed by atoms with E-state index in [4.69, 9.17) is 5.11 Å². The molecule has 3 nitrogen and oxygen atoms in total. The Morgan fingerprint density at radius 1 is 1.73 bits per heavy atom. The summed E-state index contributed by atoms with van der Waals surface area (Å²) in [5, 5.41) is 8.66. The summed E-state index contributed by atoms with van der Waals surface area (Å²) in [6, 6.07) is 0. The highest BCUT2D eigenvalue weighted by Gasteiger charge is 2.73. The normalized spacial score (nSPS) is 47.2. The van der Waals surface area contributed by atoms with E-state index in [0.717, 1.165) is 0 Å². The van der Waals surface area contributed by atoms with Crippen molar-refractivity contribution in [2.75, 3.05) is 0 Å². The minimum absolute atomic E-state index is 0.106. The van der Waals surface area contributed by atoms with Gasteiger partial charge < -0.3 is 5.11 Å². The third-order valence-corrected chi connectivity index (χ3v) is 4.01. The minimum Gasteiger partial charge on any atom is -0.481 e. The SMILES string of the molecule is O=C(O)[C@H]1[C@@H]2C(=O)CCC12Br. The lowest BCUT2D eigenvalue weighted by molar-refractivity contribution is -0.140. The number of carbonyl (C=O) groups excluding carboxylic acids is 1. The van der Waals surface area contributed by atoms with Crippen LogP contribution in [0.15, 0.2) is 0 Å². The molecule has 4 heteroatoms. The zero-order chi connectivity index (χ0) is 8.22. The number of carbonyl (C=O) groups is 2. The van der Waals surface area contributed by atoms with E-state index in [1.165, 1.54) is 0 Å². The Balaban J connectivity index is 2.24. The van der Waals surface area contributed by atoms with Crippen LogP contribution in [0.3, 0.4) is 0 Å². The Hall–Kier alpha value is -0.380. The summed E-state index contributed by atoms with van der Waals surface area (Å²) in [6.07, 6.45) is 1.23. The zero-order valence-corrected chi connectivity index (χ0v) is 7.30. The highest BCUT2D eigenvalue weighted by molar-refractivity contribution is 9.10. The molecule has 1 N–H and O–H groups in total. The molecular weight excluding hydrogens is 212 g/mol. The Bertz CT molecular complexity index is 244. The van der Waals surface area contributed by atoms with E-state index in [1.54, 1.807) is 0 Å². The van der Waals surface area contributed by atoms with E-state index in [9.17, 15) is 9.59 Å². The van der Waals surface area contributed by atoms with Gasteiger partial charge in [0.25, 0.3) is 0 Å². The molecule has 2 aliphatic carbocycles. The first-order chi connectivity index (χ1) is 5.07. The maximum atomic E-state index is 11.0. The van der Waals surface area contributed by atoms with E-state index in [0.29, 0.717) is 12.8 Å². The molecule has 11 heavy (non-hydrogen) atoms. The standard InChI is InChI=1S/C7H7BrO3/c8-7-2-1-3(9)4(7)5(7)6(10)11/h4-5H,1-2H2,(H,10,11)/t4-,5+,7?/m0/s1. The molecular formula is C7H7BrO3. The van der Waals surface area contributed by atoms with Crippen LogP contribution in [-0.2, 0) is 9.59 Å². The number of carboxylic acids is 1. The van der Waals surface area contributed by atoms with Gasteiger partial charge in [-0.3, -0.25) is 9.59 Å². The quantitative estimate of drug-likeness (QED) is 0.664. The second-order valence-corrected chi connectivity index (χ2v) is 4.66. The van der Waals surface area contributed by atoms with Crippen LogP contribution < -0.4 is 0 Å². The highest BCUT2D eigenvalue weighted by atomic mass is 79.9. The first kappa shape index (κ1) is 7.28. The monoisotopic (exact) mass is 218 g/mol. The van der Waals surface area contributed by atoms with Crippen LogP contribution in [-0.4, -0.2) is 21.2 Å². The third-order valence-electron chi connectivity index (χ3n) is 2.63. The lowest BCUT2D eigenvalue weighted by Gasteiger charge is -2.00. The maximum Gasteiger partial charge on any atom is 0.308 e. The van der Waals surface area contributed by atoms with E-state index in [1.807, 2.05) is 0 Å². The fourth-order valence-corrected chi connectivity index (χ4v) is 3.04. The molecule has 0 radical (unpaired) electrons. The molecule has 0 heterocycles. The van der Waals surface area contributed by atoms with Crippen molar-refractivity contribution >= 4 is 27.7 Å². The van der Waals surface area contributed by atoms with Crippen LogP contribution in [0.2, 0.25) is 0 Å². The molecule has 2 fully saturated rings. The van der Waals surface area contributed by atoms with E-state index in [-0.39, 0.29) is 16.0 Å². The summed E-state index contributed by atoms with van der Waals surface area (Å²) in [7, 11) is 0. The summed E-state index contributed by atoms with van der Waals surface area (Å²) in [6.45, 7) is 0. The lowest BCUT2D eigenvalue weighted by Crippen LogP contribution is -2.11. The molecule has 0 bridgehead atoms. The molecule has 60 valence electrons. The fraction of sp³-hybridized carbons (Fsp3) is 0.714. The number of hydrogen-bond acceptors (Lipinski definition) is 2. The van der Waals surface area contributed by atoms with Gasteiger partial charge in [0.15, 0.2) is 0 Å². The van der Waals surface area contributed by atoms with Gasteiger partial charge in [-0.25, -0.2) is 0 Å². The lowest BCUT2D eigenvalue weighted by atomic mass is 10.1. The topological polar surface area (TPSA) is 54.4 Å². The van der Waals surface area contributed by atoms with Crippen molar-refractivity contribution in [3.05, 3.63) is 0 Å². The van der Waals surface area contributed by atoms with Crippen molar-refractivity contribution in [2.24, 2.45) is 11.8 Å². The van der Waals surface area contributed by atoms with Gasteiger partial charge in [-0.1, -0.05) is 15.9 Å². The van der Waals surface area contributed by atoms with E-state index >= 15 is 0 Å². The summed E-state index contributed by atoms with van der Waals surface area (Å²) in [4.78, 5) is 21.6. The molecule has 0 amide bonds. The Morgan fingerprint density at radius 3 is 2.64 bits per heavy atom. The second kappa shape index (κ2) is 1.86. The zero-order valence-electron chi connectivity index (χ0n) is 5.71. The average Bonchev–Trinajstić information content (AvgIpc) is 2.43. The van der Waals surface area contributed by atoms with Gasteiger partial charge in [-0.05, 0) is 6.42 Å². The molecule has 3 atom stereocenters. The first-order valence-corrected chi connectivity index (χ1v) is 4.31. The van der Waals surface area contributed by atoms with Gasteiger partial charge in [-0.2, -0.15) is 0 Å². The Kier molecular flexibility index (Phi) is 1.23. The number of alkyl halides is 1. The van der Waals surface area contributed by atoms with E-state index in [2.05, 4.69) is 15.9 Å². The summed E-state index contributed by atoms with van der Waals surface area (Å²) >= 11 is 3.32. The molecule has 2 aliphatic rings. The van der Waals surface area contributed by atoms with Gasteiger partial charge in [0.2, 0.25) is 0 Å². The smallest absolute Gasteiger partial charge is 0.308 e. The number of fused-ring (bicyclic) bond motifs is 1. The largest absolute Gasteiger partial charge is 0.481 e. The van der Waals surface area contributed by atoms with Crippen LogP contribution in [0.25, 0.3) is 0 Å². The molecule has 0 aliphatic heterocycles. The van der Waals surface area contributed by atoms with E-state index < -0.39 is 11.9 Å². The van der Waals surface area contributed by atoms with Crippen LogP contribution in [0.5, 0.6) is 0 Å². The van der Waals surface area contributed by atoms with Gasteiger partial charge in [-0.15, -0.1) is 0 Å². The molecule has 2 saturated carbocycles. The van der Waals surface area contributed by atoms with Gasteiger partial charge in [0.1, 0.15) is 5.78 Å². The van der Waals surface area contributed by atoms with Gasteiger partial charge in [0, 0.05) is 12.3 Å². The third kappa shape index (κ3) is 0.732. The predicted molar refractivity (Wildman–Crippen MR) is 40.5 cm³/mol. The van der Waals surface area contributed by atoms with Crippen molar-refractivity contribution in [1.29, 1.82) is 0 Å². The summed E-state index contributed by atoms with van der Waals surface area (Å²) in [5.74, 6) is -1.43. The molecule has 0 aromatic heterocycles. The number of hydrogen-bond donors (Lipinski definition) is 1. The summed E-state index contributed by atoms with van der Waals surface area (Å²) < 4.78 is -0.365. The number of carboxylic acid groups (broad SMARTS) is 1. The molecule has 2 rings (SSSR count). The number of rotatable bonds is 1. The predicted octanol–water partition coefficient (Wildman–Crippen LogP) is 0.814. The first-order valence-electron chi connectivity index (χ1n) is 3.52. The van der Waals surface area contributed by atoms with Crippen molar-refractivity contribution < 1.29 is 14.7 Å². The number of halogens is 1.